The van der Waals surface area contributed by atoms with E-state index in [9.17, 15) is 10.2 Å². The molecule has 3 atom stereocenters. The fourth-order valence-corrected chi connectivity index (χ4v) is 2.62. The van der Waals surface area contributed by atoms with Crippen LogP contribution in [-0.2, 0) is 0 Å². The van der Waals surface area contributed by atoms with Crippen molar-refractivity contribution in [2.45, 2.75) is 32.5 Å². The van der Waals surface area contributed by atoms with Crippen LogP contribution in [0.5, 0.6) is 0 Å². The predicted octanol–water partition coefficient (Wildman–Crippen LogP) is 2.60. The van der Waals surface area contributed by atoms with E-state index in [0.717, 1.165) is 24.2 Å². The van der Waals surface area contributed by atoms with E-state index in [2.05, 4.69) is 11.8 Å². The molecule has 2 rings (SSSR count). The maximum Gasteiger partial charge on any atom is 0.0762 e. The molecular formula is C14H20ClNO2. The average Bonchev–Trinajstić information content (AvgIpc) is 2.32. The Hall–Kier alpha value is -0.770. The number of aliphatic hydroxyl groups is 2. The Morgan fingerprint density at radius 1 is 1.44 bits per heavy atom. The molecule has 1 aromatic rings. The SMILES string of the molecule is CC(O)c1ccc(N2CCC(C)C(O)C2)c(Cl)c1. The summed E-state index contributed by atoms with van der Waals surface area (Å²) in [5.41, 5.74) is 1.75. The van der Waals surface area contributed by atoms with Crippen LogP contribution in [0.25, 0.3) is 0 Å². The number of aliphatic hydroxyl groups excluding tert-OH is 2. The third kappa shape index (κ3) is 2.79. The van der Waals surface area contributed by atoms with E-state index < -0.39 is 6.10 Å². The van der Waals surface area contributed by atoms with Crippen LogP contribution in [0.3, 0.4) is 0 Å². The predicted molar refractivity (Wildman–Crippen MR) is 74.1 cm³/mol. The fraction of sp³-hybridized carbons (Fsp3) is 0.571. The van der Waals surface area contributed by atoms with Crippen LogP contribution in [-0.4, -0.2) is 29.4 Å². The smallest absolute Gasteiger partial charge is 0.0762 e. The van der Waals surface area contributed by atoms with E-state index in [0.29, 0.717) is 17.5 Å². The van der Waals surface area contributed by atoms with Crippen molar-refractivity contribution >= 4 is 17.3 Å². The normalized spacial score (nSPS) is 26.2. The van der Waals surface area contributed by atoms with E-state index in [1.165, 1.54) is 0 Å². The maximum atomic E-state index is 9.92. The molecule has 1 aromatic carbocycles. The lowest BCUT2D eigenvalue weighted by Crippen LogP contribution is -2.43. The molecule has 0 spiro atoms. The van der Waals surface area contributed by atoms with Gasteiger partial charge in [-0.25, -0.2) is 0 Å². The first-order valence-corrected chi connectivity index (χ1v) is 6.77. The van der Waals surface area contributed by atoms with Crippen molar-refractivity contribution in [1.29, 1.82) is 0 Å². The Balaban J connectivity index is 2.19. The highest BCUT2D eigenvalue weighted by molar-refractivity contribution is 6.33. The molecule has 2 N–H and O–H groups in total. The van der Waals surface area contributed by atoms with Crippen LogP contribution in [0.4, 0.5) is 5.69 Å². The molecule has 0 aliphatic carbocycles. The number of benzene rings is 1. The molecule has 1 aliphatic heterocycles. The lowest BCUT2D eigenvalue weighted by Gasteiger charge is -2.36. The molecule has 3 nitrogen and oxygen atoms in total. The van der Waals surface area contributed by atoms with Crippen molar-refractivity contribution in [3.63, 3.8) is 0 Å². The van der Waals surface area contributed by atoms with Gasteiger partial charge in [0, 0.05) is 13.1 Å². The maximum absolute atomic E-state index is 9.92. The molecule has 1 aliphatic rings. The summed E-state index contributed by atoms with van der Waals surface area (Å²) in [4.78, 5) is 2.11. The molecule has 0 radical (unpaired) electrons. The van der Waals surface area contributed by atoms with Gasteiger partial charge in [-0.2, -0.15) is 0 Å². The molecule has 3 unspecified atom stereocenters. The Morgan fingerprint density at radius 2 is 2.17 bits per heavy atom. The van der Waals surface area contributed by atoms with Gasteiger partial charge in [-0.15, -0.1) is 0 Å². The van der Waals surface area contributed by atoms with Crippen LogP contribution in [0.15, 0.2) is 18.2 Å². The summed E-state index contributed by atoms with van der Waals surface area (Å²) in [5.74, 6) is 0.344. The first-order valence-electron chi connectivity index (χ1n) is 6.39. The molecule has 0 saturated carbocycles. The lowest BCUT2D eigenvalue weighted by atomic mass is 9.95. The number of β-amino-alcohol motifs (C(OH)–C–C–N with tert-alkyl or cyclic N) is 1. The van der Waals surface area contributed by atoms with Crippen LogP contribution in [0.1, 0.15) is 31.9 Å². The van der Waals surface area contributed by atoms with Crippen molar-refractivity contribution < 1.29 is 10.2 Å². The quantitative estimate of drug-likeness (QED) is 0.867. The topological polar surface area (TPSA) is 43.7 Å². The summed E-state index contributed by atoms with van der Waals surface area (Å²) in [6, 6.07) is 5.61. The van der Waals surface area contributed by atoms with E-state index >= 15 is 0 Å². The van der Waals surface area contributed by atoms with Crippen LogP contribution in [0, 0.1) is 5.92 Å². The van der Waals surface area contributed by atoms with Crippen molar-refractivity contribution in [2.24, 2.45) is 5.92 Å². The van der Waals surface area contributed by atoms with Gasteiger partial charge in [0.2, 0.25) is 0 Å². The van der Waals surface area contributed by atoms with Gasteiger partial charge in [-0.3, -0.25) is 0 Å². The van der Waals surface area contributed by atoms with Crippen LogP contribution in [0.2, 0.25) is 5.02 Å². The van der Waals surface area contributed by atoms with Crippen molar-refractivity contribution in [3.05, 3.63) is 28.8 Å². The van der Waals surface area contributed by atoms with E-state index in [1.54, 1.807) is 13.0 Å². The third-order valence-corrected chi connectivity index (χ3v) is 4.02. The zero-order valence-corrected chi connectivity index (χ0v) is 11.6. The van der Waals surface area contributed by atoms with Crippen molar-refractivity contribution in [1.82, 2.24) is 0 Å². The van der Waals surface area contributed by atoms with Gasteiger partial charge in [0.25, 0.3) is 0 Å². The fourth-order valence-electron chi connectivity index (χ4n) is 2.31. The van der Waals surface area contributed by atoms with Gasteiger partial charge in [0.15, 0.2) is 0 Å². The Morgan fingerprint density at radius 3 is 2.72 bits per heavy atom. The van der Waals surface area contributed by atoms with E-state index in [-0.39, 0.29) is 6.10 Å². The number of hydrogen-bond acceptors (Lipinski definition) is 3. The zero-order chi connectivity index (χ0) is 13.3. The van der Waals surface area contributed by atoms with E-state index in [4.69, 9.17) is 11.6 Å². The molecule has 1 saturated heterocycles. The molecule has 1 heterocycles. The summed E-state index contributed by atoms with van der Waals surface area (Å²) in [5, 5.41) is 20.1. The third-order valence-electron chi connectivity index (χ3n) is 3.71. The highest BCUT2D eigenvalue weighted by atomic mass is 35.5. The average molecular weight is 270 g/mol. The number of piperidine rings is 1. The molecule has 1 fully saturated rings. The Labute approximate surface area is 113 Å². The Bertz CT molecular complexity index is 422. The minimum atomic E-state index is -0.511. The number of rotatable bonds is 2. The molecule has 0 bridgehead atoms. The molecule has 100 valence electrons. The molecule has 18 heavy (non-hydrogen) atoms. The van der Waals surface area contributed by atoms with Crippen LogP contribution < -0.4 is 4.90 Å². The summed E-state index contributed by atoms with van der Waals surface area (Å²) < 4.78 is 0. The molecular weight excluding hydrogens is 250 g/mol. The van der Waals surface area contributed by atoms with Gasteiger partial charge in [-0.1, -0.05) is 24.6 Å². The highest BCUT2D eigenvalue weighted by Gasteiger charge is 2.25. The Kier molecular flexibility index (Phi) is 4.15. The second-order valence-electron chi connectivity index (χ2n) is 5.17. The van der Waals surface area contributed by atoms with Gasteiger partial charge in [0.05, 0.1) is 22.9 Å². The van der Waals surface area contributed by atoms with Crippen LogP contribution >= 0.6 is 11.6 Å². The summed E-state index contributed by atoms with van der Waals surface area (Å²) in [6.07, 6.45) is 0.158. The molecule has 0 aromatic heterocycles. The lowest BCUT2D eigenvalue weighted by molar-refractivity contribution is 0.103. The second-order valence-corrected chi connectivity index (χ2v) is 5.57. The number of halogens is 1. The zero-order valence-electron chi connectivity index (χ0n) is 10.8. The number of nitrogens with zero attached hydrogens (tertiary/aromatic N) is 1. The monoisotopic (exact) mass is 269 g/mol. The minimum absolute atomic E-state index is 0.300. The molecule has 0 amide bonds. The number of hydrogen-bond donors (Lipinski definition) is 2. The first-order chi connectivity index (χ1) is 8.49. The standard InChI is InChI=1S/C14H20ClNO2/c1-9-5-6-16(8-14(9)18)13-4-3-11(10(2)17)7-12(13)15/h3-4,7,9-10,14,17-18H,5-6,8H2,1-2H3. The van der Waals surface area contributed by atoms with Crippen molar-refractivity contribution in [2.75, 3.05) is 18.0 Å². The summed E-state index contributed by atoms with van der Waals surface area (Å²) in [6.45, 7) is 5.32. The first kappa shape index (κ1) is 13.7. The van der Waals surface area contributed by atoms with E-state index in [1.807, 2.05) is 12.1 Å². The second kappa shape index (κ2) is 5.47. The molecule has 4 heteroatoms. The summed E-state index contributed by atoms with van der Waals surface area (Å²) >= 11 is 6.26. The van der Waals surface area contributed by atoms with Gasteiger partial charge < -0.3 is 15.1 Å². The van der Waals surface area contributed by atoms with Gasteiger partial charge >= 0.3 is 0 Å². The summed E-state index contributed by atoms with van der Waals surface area (Å²) in [7, 11) is 0. The van der Waals surface area contributed by atoms with Gasteiger partial charge in [0.1, 0.15) is 0 Å². The van der Waals surface area contributed by atoms with Gasteiger partial charge in [-0.05, 0) is 37.0 Å². The van der Waals surface area contributed by atoms with Crippen molar-refractivity contribution in [3.8, 4) is 0 Å². The highest BCUT2D eigenvalue weighted by Crippen LogP contribution is 2.31. The minimum Gasteiger partial charge on any atom is -0.391 e. The largest absolute Gasteiger partial charge is 0.391 e. The number of anilines is 1.